The fourth-order valence-corrected chi connectivity index (χ4v) is 2.66. The monoisotopic (exact) mass is 198 g/mol. The zero-order valence-corrected chi connectivity index (χ0v) is 8.23. The van der Waals surface area contributed by atoms with Crippen molar-refractivity contribution in [2.75, 3.05) is 12.9 Å². The number of hydrogen-bond donors (Lipinski definition) is 0. The van der Waals surface area contributed by atoms with Gasteiger partial charge in [0, 0.05) is 16.2 Å². The fourth-order valence-electron chi connectivity index (χ4n) is 1.55. The predicted molar refractivity (Wildman–Crippen MR) is 52.2 cm³/mol. The average Bonchev–Trinajstić information content (AvgIpc) is 2.17. The summed E-state index contributed by atoms with van der Waals surface area (Å²) in [6, 6.07) is 5.67. The zero-order valence-electron chi connectivity index (χ0n) is 7.42. The maximum atomic E-state index is 13.5. The lowest BCUT2D eigenvalue weighted by Gasteiger charge is -2.21. The first-order valence-corrected chi connectivity index (χ1v) is 5.25. The molecule has 70 valence electrons. The molecule has 0 amide bonds. The fraction of sp³-hybridized carbons (Fsp3) is 0.400. The Morgan fingerprint density at radius 1 is 1.54 bits per heavy atom. The van der Waals surface area contributed by atoms with Gasteiger partial charge in [-0.1, -0.05) is 6.07 Å². The van der Waals surface area contributed by atoms with E-state index in [0.717, 1.165) is 16.2 Å². The topological polar surface area (TPSA) is 9.23 Å². The Morgan fingerprint density at radius 3 is 3.15 bits per heavy atom. The smallest absolute Gasteiger partial charge is 0.131 e. The second-order valence-corrected chi connectivity index (χ2v) is 4.11. The first-order chi connectivity index (χ1) is 6.33. The average molecular weight is 198 g/mol. The van der Waals surface area contributed by atoms with E-state index in [1.54, 1.807) is 18.9 Å². The molecular weight excluding hydrogens is 187 g/mol. The maximum absolute atomic E-state index is 13.5. The van der Waals surface area contributed by atoms with Crippen LogP contribution in [0.1, 0.15) is 18.2 Å². The quantitative estimate of drug-likeness (QED) is 0.685. The standard InChI is InChI=1S/C10H11FOS/c1-12-8-3-2-4-9-10(8)7(11)5-6-13-9/h2-4,7H,5-6H2,1H3. The number of ether oxygens (including phenoxy) is 1. The lowest BCUT2D eigenvalue weighted by Crippen LogP contribution is -2.04. The Morgan fingerprint density at radius 2 is 2.38 bits per heavy atom. The molecule has 1 heterocycles. The molecule has 3 heteroatoms. The van der Waals surface area contributed by atoms with Gasteiger partial charge in [0.05, 0.1) is 7.11 Å². The summed E-state index contributed by atoms with van der Waals surface area (Å²) in [6.07, 6.45) is -0.259. The number of hydrogen-bond acceptors (Lipinski definition) is 2. The second kappa shape index (κ2) is 3.58. The minimum Gasteiger partial charge on any atom is -0.496 e. The van der Waals surface area contributed by atoms with Gasteiger partial charge in [-0.15, -0.1) is 11.8 Å². The molecule has 1 aromatic carbocycles. The van der Waals surface area contributed by atoms with E-state index in [0.29, 0.717) is 12.2 Å². The van der Waals surface area contributed by atoms with Crippen molar-refractivity contribution in [3.8, 4) is 5.75 Å². The largest absolute Gasteiger partial charge is 0.496 e. The van der Waals surface area contributed by atoms with Crippen molar-refractivity contribution in [3.05, 3.63) is 23.8 Å². The van der Waals surface area contributed by atoms with Crippen molar-refractivity contribution in [3.63, 3.8) is 0 Å². The molecule has 0 aliphatic carbocycles. The number of thioether (sulfide) groups is 1. The normalized spacial score (nSPS) is 20.9. The Bertz CT molecular complexity index is 300. The van der Waals surface area contributed by atoms with Crippen LogP contribution in [0.15, 0.2) is 23.1 Å². The van der Waals surface area contributed by atoms with Crippen molar-refractivity contribution in [1.29, 1.82) is 0 Å². The van der Waals surface area contributed by atoms with Gasteiger partial charge in [0.25, 0.3) is 0 Å². The highest BCUT2D eigenvalue weighted by atomic mass is 32.2. The van der Waals surface area contributed by atoms with Crippen molar-refractivity contribution in [1.82, 2.24) is 0 Å². The van der Waals surface area contributed by atoms with E-state index in [4.69, 9.17) is 4.74 Å². The van der Waals surface area contributed by atoms with Gasteiger partial charge in [0.2, 0.25) is 0 Å². The molecule has 0 bridgehead atoms. The third-order valence-electron chi connectivity index (χ3n) is 2.19. The first kappa shape index (κ1) is 8.88. The number of benzene rings is 1. The Hall–Kier alpha value is -0.700. The van der Waals surface area contributed by atoms with E-state index >= 15 is 0 Å². The van der Waals surface area contributed by atoms with Gasteiger partial charge in [0.15, 0.2) is 0 Å². The van der Waals surface area contributed by atoms with Crippen LogP contribution in [0.2, 0.25) is 0 Å². The lowest BCUT2D eigenvalue weighted by atomic mass is 10.1. The van der Waals surface area contributed by atoms with E-state index in [1.807, 2.05) is 18.2 Å². The molecule has 1 atom stereocenters. The van der Waals surface area contributed by atoms with Crippen molar-refractivity contribution in [2.24, 2.45) is 0 Å². The summed E-state index contributed by atoms with van der Waals surface area (Å²) < 4.78 is 18.7. The third kappa shape index (κ3) is 1.53. The molecule has 1 aromatic rings. The van der Waals surface area contributed by atoms with Crippen LogP contribution in [0, 0.1) is 0 Å². The van der Waals surface area contributed by atoms with Gasteiger partial charge >= 0.3 is 0 Å². The summed E-state index contributed by atoms with van der Waals surface area (Å²) in [7, 11) is 1.58. The van der Waals surface area contributed by atoms with Crippen LogP contribution in [0.25, 0.3) is 0 Å². The molecule has 2 rings (SSSR count). The van der Waals surface area contributed by atoms with Gasteiger partial charge in [-0.05, 0) is 18.6 Å². The van der Waals surface area contributed by atoms with Crippen LogP contribution >= 0.6 is 11.8 Å². The molecule has 1 aliphatic rings. The molecule has 0 saturated carbocycles. The predicted octanol–water partition coefficient (Wildman–Crippen LogP) is 3.20. The highest BCUT2D eigenvalue weighted by Gasteiger charge is 2.23. The number of rotatable bonds is 1. The lowest BCUT2D eigenvalue weighted by molar-refractivity contribution is 0.310. The molecule has 0 N–H and O–H groups in total. The van der Waals surface area contributed by atoms with E-state index in [2.05, 4.69) is 0 Å². The number of halogens is 1. The number of fused-ring (bicyclic) bond motifs is 1. The van der Waals surface area contributed by atoms with Crippen LogP contribution in [0.4, 0.5) is 4.39 Å². The molecule has 1 unspecified atom stereocenters. The van der Waals surface area contributed by atoms with Crippen molar-refractivity contribution in [2.45, 2.75) is 17.5 Å². The van der Waals surface area contributed by atoms with Gasteiger partial charge in [-0.25, -0.2) is 4.39 Å². The molecule has 0 saturated heterocycles. The van der Waals surface area contributed by atoms with Gasteiger partial charge < -0.3 is 4.74 Å². The molecule has 0 radical (unpaired) electrons. The van der Waals surface area contributed by atoms with Gasteiger partial charge in [0.1, 0.15) is 11.9 Å². The molecular formula is C10H11FOS. The highest BCUT2D eigenvalue weighted by Crippen LogP contribution is 2.42. The summed E-state index contributed by atoms with van der Waals surface area (Å²) in [5, 5.41) is 0. The van der Waals surface area contributed by atoms with Gasteiger partial charge in [-0.3, -0.25) is 0 Å². The number of methoxy groups -OCH3 is 1. The van der Waals surface area contributed by atoms with Crippen LogP contribution in [0.5, 0.6) is 5.75 Å². The second-order valence-electron chi connectivity index (χ2n) is 2.98. The molecule has 0 fully saturated rings. The van der Waals surface area contributed by atoms with Crippen molar-refractivity contribution >= 4 is 11.8 Å². The molecule has 0 aromatic heterocycles. The van der Waals surface area contributed by atoms with Crippen LogP contribution < -0.4 is 4.74 Å². The summed E-state index contributed by atoms with van der Waals surface area (Å²) >= 11 is 1.70. The first-order valence-electron chi connectivity index (χ1n) is 4.26. The molecule has 0 spiro atoms. The SMILES string of the molecule is COc1cccc2c1C(F)CCS2. The maximum Gasteiger partial charge on any atom is 0.131 e. The van der Waals surface area contributed by atoms with E-state index in [9.17, 15) is 4.39 Å². The third-order valence-corrected chi connectivity index (χ3v) is 3.29. The van der Waals surface area contributed by atoms with E-state index < -0.39 is 6.17 Å². The van der Waals surface area contributed by atoms with Crippen LogP contribution in [-0.2, 0) is 0 Å². The van der Waals surface area contributed by atoms with E-state index in [1.165, 1.54) is 0 Å². The highest BCUT2D eigenvalue weighted by molar-refractivity contribution is 7.99. The minimum absolute atomic E-state index is 0.595. The Kier molecular flexibility index (Phi) is 2.44. The Balaban J connectivity index is 2.50. The van der Waals surface area contributed by atoms with Crippen LogP contribution in [0.3, 0.4) is 0 Å². The summed E-state index contributed by atoms with van der Waals surface area (Å²) in [6.45, 7) is 0. The summed E-state index contributed by atoms with van der Waals surface area (Å²) in [5.74, 6) is 1.54. The molecule has 13 heavy (non-hydrogen) atoms. The van der Waals surface area contributed by atoms with Crippen LogP contribution in [-0.4, -0.2) is 12.9 Å². The summed E-state index contributed by atoms with van der Waals surface area (Å²) in [4.78, 5) is 1.03. The zero-order chi connectivity index (χ0) is 9.26. The molecule has 1 nitrogen and oxygen atoms in total. The number of alkyl halides is 1. The van der Waals surface area contributed by atoms with Crippen molar-refractivity contribution < 1.29 is 9.13 Å². The Labute approximate surface area is 81.3 Å². The van der Waals surface area contributed by atoms with E-state index in [-0.39, 0.29) is 0 Å². The minimum atomic E-state index is -0.854. The van der Waals surface area contributed by atoms with Gasteiger partial charge in [-0.2, -0.15) is 0 Å². The summed E-state index contributed by atoms with van der Waals surface area (Å²) in [5.41, 5.74) is 0.737. The molecule has 1 aliphatic heterocycles.